The molecule has 0 spiro atoms. The highest BCUT2D eigenvalue weighted by molar-refractivity contribution is 5.97. The van der Waals surface area contributed by atoms with Crippen molar-refractivity contribution in [2.75, 3.05) is 6.54 Å². The summed E-state index contributed by atoms with van der Waals surface area (Å²) in [7, 11) is 0. The van der Waals surface area contributed by atoms with Crippen LogP contribution < -0.4 is 0 Å². The number of likely N-dealkylation sites (tertiary alicyclic amines) is 1. The Bertz CT molecular complexity index is 1330. The summed E-state index contributed by atoms with van der Waals surface area (Å²) in [6.45, 7) is 5.44. The first-order valence-corrected chi connectivity index (χ1v) is 11.2. The van der Waals surface area contributed by atoms with E-state index in [9.17, 15) is 4.79 Å². The van der Waals surface area contributed by atoms with E-state index in [1.165, 1.54) is 11.1 Å². The van der Waals surface area contributed by atoms with Crippen molar-refractivity contribution >= 4 is 16.9 Å². The quantitative estimate of drug-likeness (QED) is 0.519. The number of nitrogens with zero attached hydrogens (tertiary/aromatic N) is 4. The van der Waals surface area contributed by atoms with Crippen LogP contribution in [0.5, 0.6) is 0 Å². The Morgan fingerprint density at radius 3 is 2.91 bits per heavy atom. The molecule has 1 amide bonds. The van der Waals surface area contributed by atoms with Gasteiger partial charge in [0, 0.05) is 29.9 Å². The first-order valence-electron chi connectivity index (χ1n) is 11.2. The molecule has 3 heterocycles. The van der Waals surface area contributed by atoms with Gasteiger partial charge in [-0.3, -0.25) is 4.79 Å². The van der Waals surface area contributed by atoms with Crippen LogP contribution in [0.3, 0.4) is 0 Å². The predicted octanol–water partition coefficient (Wildman–Crippen LogP) is 4.38. The molecule has 6 nitrogen and oxygen atoms in total. The predicted molar refractivity (Wildman–Crippen MR) is 123 cm³/mol. The lowest BCUT2D eigenvalue weighted by Crippen LogP contribution is -2.59. The summed E-state index contributed by atoms with van der Waals surface area (Å²) in [5.74, 6) is 0.477. The lowest BCUT2D eigenvalue weighted by Gasteiger charge is -2.54. The van der Waals surface area contributed by atoms with Gasteiger partial charge in [0.1, 0.15) is 6.33 Å². The molecule has 2 aromatic carbocycles. The summed E-state index contributed by atoms with van der Waals surface area (Å²) in [4.78, 5) is 31.5. The topological polar surface area (TPSA) is 74.8 Å². The van der Waals surface area contributed by atoms with Crippen LogP contribution in [0, 0.1) is 5.92 Å². The van der Waals surface area contributed by atoms with Crippen molar-refractivity contribution in [2.24, 2.45) is 5.92 Å². The molecule has 3 atom stereocenters. The number of carbonyl (C=O) groups excluding carboxylic acids is 1. The van der Waals surface area contributed by atoms with Crippen LogP contribution in [0.15, 0.2) is 61.3 Å². The van der Waals surface area contributed by atoms with Gasteiger partial charge in [0.05, 0.1) is 23.1 Å². The van der Waals surface area contributed by atoms with E-state index in [1.54, 1.807) is 18.9 Å². The summed E-state index contributed by atoms with van der Waals surface area (Å²) >= 11 is 0. The van der Waals surface area contributed by atoms with Crippen molar-refractivity contribution in [1.82, 2.24) is 24.8 Å². The van der Waals surface area contributed by atoms with Gasteiger partial charge in [-0.15, -0.1) is 0 Å². The van der Waals surface area contributed by atoms with E-state index < -0.39 is 0 Å². The molecule has 1 fully saturated rings. The number of piperidine rings is 1. The number of amides is 1. The van der Waals surface area contributed by atoms with Crippen molar-refractivity contribution in [3.05, 3.63) is 78.0 Å². The number of H-pyrrole nitrogens is 1. The maximum absolute atomic E-state index is 13.5. The number of aromatic nitrogens is 4. The van der Waals surface area contributed by atoms with Crippen molar-refractivity contribution in [3.63, 3.8) is 0 Å². The van der Waals surface area contributed by atoms with Gasteiger partial charge >= 0.3 is 0 Å². The number of nitrogens with one attached hydrogen (secondary N) is 1. The van der Waals surface area contributed by atoms with E-state index in [2.05, 4.69) is 56.9 Å². The fourth-order valence-electron chi connectivity index (χ4n) is 5.73. The van der Waals surface area contributed by atoms with E-state index in [0.717, 1.165) is 47.2 Å². The smallest absolute Gasteiger partial charge is 0.254 e. The summed E-state index contributed by atoms with van der Waals surface area (Å²) in [6.07, 6.45) is 6.88. The molecule has 1 aliphatic heterocycles. The van der Waals surface area contributed by atoms with Crippen LogP contribution in [0.1, 0.15) is 41.8 Å². The maximum Gasteiger partial charge on any atom is 0.254 e. The monoisotopic (exact) mass is 423 g/mol. The van der Waals surface area contributed by atoms with Gasteiger partial charge in [-0.1, -0.05) is 26.0 Å². The molecule has 1 N–H and O–H groups in total. The number of hydrogen-bond donors (Lipinski definition) is 1. The highest BCUT2D eigenvalue weighted by atomic mass is 16.2. The minimum Gasteiger partial charge on any atom is -0.345 e. The highest BCUT2D eigenvalue weighted by Crippen LogP contribution is 2.49. The lowest BCUT2D eigenvalue weighted by atomic mass is 9.58. The van der Waals surface area contributed by atoms with E-state index in [4.69, 9.17) is 0 Å². The molecular formula is C26H25N5O. The van der Waals surface area contributed by atoms with Crippen molar-refractivity contribution in [1.29, 1.82) is 0 Å². The first kappa shape index (κ1) is 19.2. The van der Waals surface area contributed by atoms with Crippen molar-refractivity contribution in [2.45, 2.75) is 38.1 Å². The van der Waals surface area contributed by atoms with Crippen LogP contribution in [0.4, 0.5) is 0 Å². The minimum atomic E-state index is 0.0331. The zero-order valence-corrected chi connectivity index (χ0v) is 18.2. The third kappa shape index (κ3) is 2.79. The van der Waals surface area contributed by atoms with Gasteiger partial charge < -0.3 is 9.88 Å². The van der Waals surface area contributed by atoms with Crippen molar-refractivity contribution < 1.29 is 4.79 Å². The molecule has 1 aliphatic carbocycles. The minimum absolute atomic E-state index is 0.0331. The molecule has 160 valence electrons. The molecule has 0 saturated carbocycles. The van der Waals surface area contributed by atoms with Crippen LogP contribution in [0.25, 0.3) is 22.3 Å². The van der Waals surface area contributed by atoms with Gasteiger partial charge in [-0.05, 0) is 65.6 Å². The molecule has 6 heteroatoms. The maximum atomic E-state index is 13.5. The van der Waals surface area contributed by atoms with Crippen LogP contribution in [0.2, 0.25) is 0 Å². The molecule has 4 aromatic rings. The van der Waals surface area contributed by atoms with E-state index in [0.29, 0.717) is 5.92 Å². The average molecular weight is 424 g/mol. The van der Waals surface area contributed by atoms with Gasteiger partial charge in [0.25, 0.3) is 5.91 Å². The Morgan fingerprint density at radius 1 is 1.16 bits per heavy atom. The number of hydrogen-bond acceptors (Lipinski definition) is 4. The normalized spacial score (nSPS) is 24.4. The SMILES string of the molecule is C[C@@H]1[C@H]2Cc3ccc(-c4ccncn4)cc3[C@]1(C)CCN2C(=O)c1ccc2nc[nH]c2c1. The Hall–Kier alpha value is -3.54. The van der Waals surface area contributed by atoms with Gasteiger partial charge in [0.15, 0.2) is 0 Å². The lowest BCUT2D eigenvalue weighted by molar-refractivity contribution is 0.0251. The first-order chi connectivity index (χ1) is 15.5. The number of benzene rings is 2. The molecule has 32 heavy (non-hydrogen) atoms. The van der Waals surface area contributed by atoms with Crippen molar-refractivity contribution in [3.8, 4) is 11.3 Å². The third-order valence-corrected chi connectivity index (χ3v) is 7.81. The molecule has 2 aliphatic rings. The molecule has 2 aromatic heterocycles. The van der Waals surface area contributed by atoms with Crippen LogP contribution in [-0.4, -0.2) is 43.3 Å². The second-order valence-electron chi connectivity index (χ2n) is 9.33. The summed E-state index contributed by atoms with van der Waals surface area (Å²) < 4.78 is 0. The van der Waals surface area contributed by atoms with Gasteiger partial charge in [-0.25, -0.2) is 15.0 Å². The Morgan fingerprint density at radius 2 is 2.06 bits per heavy atom. The molecule has 1 saturated heterocycles. The van der Waals surface area contributed by atoms with Crippen LogP contribution in [-0.2, 0) is 11.8 Å². The van der Waals surface area contributed by atoms with E-state index in [-0.39, 0.29) is 17.4 Å². The zero-order valence-electron chi connectivity index (χ0n) is 18.2. The standard InChI is InChI=1S/C26H25N5O/c1-16-24-13-17-3-4-18(21-7-9-27-14-28-21)11-20(17)26(16,2)8-10-31(24)25(32)19-5-6-22-23(12-19)30-15-29-22/h3-7,9,11-12,14-16,24H,8,10,13H2,1-2H3,(H,29,30)/t16-,24-,26-/m1/s1. The van der Waals surface area contributed by atoms with E-state index in [1.807, 2.05) is 24.3 Å². The van der Waals surface area contributed by atoms with Gasteiger partial charge in [-0.2, -0.15) is 0 Å². The molecule has 0 radical (unpaired) electrons. The molecule has 0 unspecified atom stereocenters. The number of rotatable bonds is 2. The summed E-state index contributed by atoms with van der Waals surface area (Å²) in [5, 5.41) is 0. The second-order valence-corrected chi connectivity index (χ2v) is 9.33. The van der Waals surface area contributed by atoms with Crippen LogP contribution >= 0.6 is 0 Å². The number of carbonyl (C=O) groups is 1. The zero-order chi connectivity index (χ0) is 21.9. The third-order valence-electron chi connectivity index (χ3n) is 7.81. The number of aromatic amines is 1. The number of fused-ring (bicyclic) bond motifs is 5. The summed E-state index contributed by atoms with van der Waals surface area (Å²) in [6, 6.07) is 14.6. The fraction of sp³-hybridized carbons (Fsp3) is 0.308. The van der Waals surface area contributed by atoms with E-state index >= 15 is 0 Å². The molecule has 6 rings (SSSR count). The highest BCUT2D eigenvalue weighted by Gasteiger charge is 2.49. The van der Waals surface area contributed by atoms with Gasteiger partial charge in [0.2, 0.25) is 0 Å². The second kappa shape index (κ2) is 6.99. The molecular weight excluding hydrogens is 398 g/mol. The largest absolute Gasteiger partial charge is 0.345 e. The summed E-state index contributed by atoms with van der Waals surface area (Å²) in [5.41, 5.74) is 7.36. The Kier molecular flexibility index (Phi) is 4.18. The average Bonchev–Trinajstić information content (AvgIpc) is 3.29. The Balaban J connectivity index is 1.36. The fourth-order valence-corrected chi connectivity index (χ4v) is 5.73. The Labute approximate surface area is 186 Å². The number of imidazole rings is 1. The molecule has 2 bridgehead atoms.